The fourth-order valence-electron chi connectivity index (χ4n) is 3.67. The summed E-state index contributed by atoms with van der Waals surface area (Å²) in [5, 5.41) is 13.3. The van der Waals surface area contributed by atoms with Gasteiger partial charge < -0.3 is 5.32 Å². The van der Waals surface area contributed by atoms with Gasteiger partial charge in [0.2, 0.25) is 0 Å². The number of anilines is 1. The van der Waals surface area contributed by atoms with Crippen molar-refractivity contribution in [1.82, 2.24) is 0 Å². The smallest absolute Gasteiger partial charge is 0.0992 e. The first kappa shape index (κ1) is 12.8. The maximum absolute atomic E-state index is 8.98. The third-order valence-corrected chi connectivity index (χ3v) is 5.27. The maximum Gasteiger partial charge on any atom is 0.0992 e. The third kappa shape index (κ3) is 2.32. The Labute approximate surface area is 119 Å². The topological polar surface area (TPSA) is 35.8 Å². The zero-order valence-corrected chi connectivity index (χ0v) is 11.8. The summed E-state index contributed by atoms with van der Waals surface area (Å²) in [5.41, 5.74) is 2.10. The Kier molecular flexibility index (Phi) is 3.41. The molecule has 2 aliphatic rings. The molecule has 2 saturated carbocycles. The van der Waals surface area contributed by atoms with Gasteiger partial charge in [0, 0.05) is 6.04 Å². The first-order valence-electron chi connectivity index (χ1n) is 7.20. The monoisotopic (exact) mass is 274 g/mol. The predicted octanol–water partition coefficient (Wildman–Crippen LogP) is 4.74. The highest BCUT2D eigenvalue weighted by atomic mass is 35.5. The second-order valence-corrected chi connectivity index (χ2v) is 6.37. The minimum absolute atomic E-state index is 0.504. The molecule has 100 valence electrons. The van der Waals surface area contributed by atoms with Gasteiger partial charge >= 0.3 is 0 Å². The van der Waals surface area contributed by atoms with Crippen LogP contribution < -0.4 is 5.32 Å². The lowest BCUT2D eigenvalue weighted by molar-refractivity contribution is 0.0571. The van der Waals surface area contributed by atoms with Gasteiger partial charge in [0.05, 0.1) is 22.3 Å². The van der Waals surface area contributed by atoms with Gasteiger partial charge in [-0.2, -0.15) is 5.26 Å². The average molecular weight is 275 g/mol. The van der Waals surface area contributed by atoms with Crippen LogP contribution in [0.4, 0.5) is 5.69 Å². The zero-order valence-electron chi connectivity index (χ0n) is 11.1. The molecule has 19 heavy (non-hydrogen) atoms. The van der Waals surface area contributed by atoms with Gasteiger partial charge in [-0.05, 0) is 49.3 Å². The van der Waals surface area contributed by atoms with E-state index in [1.165, 1.54) is 44.9 Å². The Bertz CT molecular complexity index is 512. The van der Waals surface area contributed by atoms with E-state index >= 15 is 0 Å². The van der Waals surface area contributed by atoms with Crippen LogP contribution in [0.2, 0.25) is 5.02 Å². The number of nitrogens with zero attached hydrogens (tertiary/aromatic N) is 1. The Balaban J connectivity index is 1.76. The molecule has 0 saturated heterocycles. The molecule has 1 atom stereocenters. The normalized spacial score (nSPS) is 24.5. The van der Waals surface area contributed by atoms with Crippen molar-refractivity contribution in [3.05, 3.63) is 28.8 Å². The van der Waals surface area contributed by atoms with Crippen molar-refractivity contribution in [2.24, 2.45) is 5.41 Å². The number of benzene rings is 1. The van der Waals surface area contributed by atoms with Gasteiger partial charge in [0.15, 0.2) is 0 Å². The van der Waals surface area contributed by atoms with Crippen LogP contribution in [0.3, 0.4) is 0 Å². The Morgan fingerprint density at radius 1 is 1.21 bits per heavy atom. The Morgan fingerprint density at radius 2 is 2.00 bits per heavy atom. The highest BCUT2D eigenvalue weighted by molar-refractivity contribution is 6.33. The highest BCUT2D eigenvalue weighted by Gasteiger charge is 2.46. The molecule has 1 N–H and O–H groups in total. The molecule has 0 bridgehead atoms. The molecular formula is C16H19ClN2. The zero-order chi connectivity index (χ0) is 13.3. The van der Waals surface area contributed by atoms with Crippen LogP contribution in [0.25, 0.3) is 0 Å². The van der Waals surface area contributed by atoms with Crippen LogP contribution in [0.1, 0.15) is 50.5 Å². The van der Waals surface area contributed by atoms with Crippen molar-refractivity contribution in [1.29, 1.82) is 5.26 Å². The van der Waals surface area contributed by atoms with Crippen LogP contribution in [0.15, 0.2) is 18.2 Å². The first-order valence-corrected chi connectivity index (χ1v) is 7.57. The van der Waals surface area contributed by atoms with E-state index in [2.05, 4.69) is 11.4 Å². The lowest BCUT2D eigenvalue weighted by atomic mass is 9.57. The number of nitriles is 1. The number of rotatable bonds is 2. The summed E-state index contributed by atoms with van der Waals surface area (Å²) in [5.74, 6) is 0. The second-order valence-electron chi connectivity index (χ2n) is 5.97. The van der Waals surface area contributed by atoms with Gasteiger partial charge in [-0.25, -0.2) is 0 Å². The third-order valence-electron chi connectivity index (χ3n) is 4.94. The highest BCUT2D eigenvalue weighted by Crippen LogP contribution is 2.53. The predicted molar refractivity (Wildman–Crippen MR) is 78.3 cm³/mol. The van der Waals surface area contributed by atoms with E-state index in [1.807, 2.05) is 12.1 Å². The maximum atomic E-state index is 8.98. The standard InChI is InChI=1S/C16H19ClN2/c17-13-5-4-12(11-18)10-14(13)19-15-6-9-16(15)7-2-1-3-8-16/h4-5,10,15,19H,1-3,6-9H2. The molecule has 2 nitrogen and oxygen atoms in total. The number of hydrogen-bond donors (Lipinski definition) is 1. The second kappa shape index (κ2) is 5.06. The van der Waals surface area contributed by atoms with Crippen LogP contribution in [-0.2, 0) is 0 Å². The lowest BCUT2D eigenvalue weighted by Gasteiger charge is -2.52. The lowest BCUT2D eigenvalue weighted by Crippen LogP contribution is -2.50. The van der Waals surface area contributed by atoms with Crippen molar-refractivity contribution >= 4 is 17.3 Å². The van der Waals surface area contributed by atoms with Gasteiger partial charge in [-0.3, -0.25) is 0 Å². The largest absolute Gasteiger partial charge is 0.381 e. The van der Waals surface area contributed by atoms with Crippen molar-refractivity contribution in [2.75, 3.05) is 5.32 Å². The first-order chi connectivity index (χ1) is 9.23. The van der Waals surface area contributed by atoms with E-state index in [-0.39, 0.29) is 0 Å². The average Bonchev–Trinajstić information content (AvgIpc) is 2.46. The molecule has 0 amide bonds. The fourth-order valence-corrected chi connectivity index (χ4v) is 3.84. The van der Waals surface area contributed by atoms with Crippen LogP contribution in [0.5, 0.6) is 0 Å². The van der Waals surface area contributed by atoms with E-state index in [4.69, 9.17) is 16.9 Å². The molecule has 1 unspecified atom stereocenters. The van der Waals surface area contributed by atoms with E-state index < -0.39 is 0 Å². The van der Waals surface area contributed by atoms with Gasteiger partial charge in [0.1, 0.15) is 0 Å². The van der Waals surface area contributed by atoms with Crippen molar-refractivity contribution in [3.63, 3.8) is 0 Å². The van der Waals surface area contributed by atoms with Gasteiger partial charge in [-0.15, -0.1) is 0 Å². The summed E-state index contributed by atoms with van der Waals surface area (Å²) in [4.78, 5) is 0. The number of hydrogen-bond acceptors (Lipinski definition) is 2. The molecule has 1 aromatic carbocycles. The van der Waals surface area contributed by atoms with Crippen molar-refractivity contribution in [3.8, 4) is 6.07 Å². The molecule has 0 heterocycles. The molecule has 3 heteroatoms. The molecule has 0 radical (unpaired) electrons. The minimum atomic E-state index is 0.504. The quantitative estimate of drug-likeness (QED) is 0.846. The van der Waals surface area contributed by atoms with E-state index in [0.29, 0.717) is 17.0 Å². The molecule has 2 fully saturated rings. The molecule has 1 aromatic rings. The van der Waals surface area contributed by atoms with E-state index in [0.717, 1.165) is 10.7 Å². The number of halogens is 1. The summed E-state index contributed by atoms with van der Waals surface area (Å²) in [6.45, 7) is 0. The molecule has 3 rings (SSSR count). The molecule has 0 aromatic heterocycles. The van der Waals surface area contributed by atoms with E-state index in [1.54, 1.807) is 6.07 Å². The summed E-state index contributed by atoms with van der Waals surface area (Å²) in [6, 6.07) is 8.17. The van der Waals surface area contributed by atoms with Crippen LogP contribution in [-0.4, -0.2) is 6.04 Å². The van der Waals surface area contributed by atoms with Crippen molar-refractivity contribution < 1.29 is 0 Å². The van der Waals surface area contributed by atoms with Gasteiger partial charge in [0.25, 0.3) is 0 Å². The van der Waals surface area contributed by atoms with E-state index in [9.17, 15) is 0 Å². The summed E-state index contributed by atoms with van der Waals surface area (Å²) < 4.78 is 0. The summed E-state index contributed by atoms with van der Waals surface area (Å²) in [6.07, 6.45) is 9.39. The summed E-state index contributed by atoms with van der Waals surface area (Å²) >= 11 is 6.23. The SMILES string of the molecule is N#Cc1ccc(Cl)c(NC2CCC23CCCCC3)c1. The van der Waals surface area contributed by atoms with Crippen molar-refractivity contribution in [2.45, 2.75) is 51.0 Å². The number of nitrogens with one attached hydrogen (secondary N) is 1. The molecule has 1 spiro atoms. The van der Waals surface area contributed by atoms with Crippen LogP contribution in [0, 0.1) is 16.7 Å². The minimum Gasteiger partial charge on any atom is -0.381 e. The fraction of sp³-hybridized carbons (Fsp3) is 0.562. The summed E-state index contributed by atoms with van der Waals surface area (Å²) in [7, 11) is 0. The molecule has 0 aliphatic heterocycles. The molecular weight excluding hydrogens is 256 g/mol. The van der Waals surface area contributed by atoms with Crippen LogP contribution >= 0.6 is 11.6 Å². The van der Waals surface area contributed by atoms with Gasteiger partial charge in [-0.1, -0.05) is 30.9 Å². The Morgan fingerprint density at radius 3 is 2.63 bits per heavy atom. The Hall–Kier alpha value is -1.20. The molecule has 2 aliphatic carbocycles.